The largest absolute Gasteiger partial charge is 0.416 e. The average molecular weight is 334 g/mol. The molecule has 2 rings (SSSR count). The number of benzene rings is 1. The minimum atomic E-state index is -4.47. The monoisotopic (exact) mass is 334 g/mol. The number of hydrogen-bond acceptors (Lipinski definition) is 6. The predicted octanol–water partition coefficient (Wildman–Crippen LogP) is 2.60. The SMILES string of the molecule is CN(C)c1nc(N)nc(C(C#N)=Cc2cccc(C(F)(F)F)c2)n1. The van der Waals surface area contributed by atoms with Crippen molar-refractivity contribution in [2.75, 3.05) is 24.7 Å². The van der Waals surface area contributed by atoms with Crippen LogP contribution >= 0.6 is 0 Å². The van der Waals surface area contributed by atoms with Gasteiger partial charge in [0.2, 0.25) is 11.9 Å². The second-order valence-electron chi connectivity index (χ2n) is 5.00. The van der Waals surface area contributed by atoms with E-state index in [9.17, 15) is 18.4 Å². The van der Waals surface area contributed by atoms with E-state index >= 15 is 0 Å². The Balaban J connectivity index is 2.50. The molecule has 6 nitrogen and oxygen atoms in total. The molecule has 1 heterocycles. The highest BCUT2D eigenvalue weighted by atomic mass is 19.4. The number of nitrogens with zero attached hydrogens (tertiary/aromatic N) is 5. The van der Waals surface area contributed by atoms with E-state index in [1.165, 1.54) is 18.2 Å². The molecule has 0 aliphatic heterocycles. The highest BCUT2D eigenvalue weighted by Crippen LogP contribution is 2.30. The first-order valence-electron chi connectivity index (χ1n) is 6.69. The second kappa shape index (κ2) is 6.54. The van der Waals surface area contributed by atoms with Gasteiger partial charge in [0.25, 0.3) is 0 Å². The van der Waals surface area contributed by atoms with Crippen molar-refractivity contribution in [1.29, 1.82) is 5.26 Å². The van der Waals surface area contributed by atoms with Crippen LogP contribution in [0.4, 0.5) is 25.1 Å². The molecule has 1 aromatic carbocycles. The van der Waals surface area contributed by atoms with Gasteiger partial charge in [-0.15, -0.1) is 0 Å². The van der Waals surface area contributed by atoms with Crippen LogP contribution < -0.4 is 10.6 Å². The zero-order chi connectivity index (χ0) is 17.9. The summed E-state index contributed by atoms with van der Waals surface area (Å²) in [6.45, 7) is 0. The summed E-state index contributed by atoms with van der Waals surface area (Å²) in [7, 11) is 3.36. The van der Waals surface area contributed by atoms with Crippen molar-refractivity contribution in [1.82, 2.24) is 15.0 Å². The van der Waals surface area contributed by atoms with Crippen molar-refractivity contribution < 1.29 is 13.2 Å². The molecular weight excluding hydrogens is 321 g/mol. The average Bonchev–Trinajstić information content (AvgIpc) is 2.51. The summed E-state index contributed by atoms with van der Waals surface area (Å²) >= 11 is 0. The fourth-order valence-electron chi connectivity index (χ4n) is 1.82. The molecule has 0 aliphatic rings. The van der Waals surface area contributed by atoms with Gasteiger partial charge in [0.05, 0.1) is 11.1 Å². The van der Waals surface area contributed by atoms with Gasteiger partial charge in [-0.05, 0) is 23.8 Å². The van der Waals surface area contributed by atoms with Gasteiger partial charge in [-0.3, -0.25) is 0 Å². The topological polar surface area (TPSA) is 91.7 Å². The summed E-state index contributed by atoms with van der Waals surface area (Å²) in [6, 6.07) is 6.47. The molecule has 0 fully saturated rings. The van der Waals surface area contributed by atoms with Gasteiger partial charge in [-0.25, -0.2) is 0 Å². The molecule has 0 aliphatic carbocycles. The number of allylic oxidation sites excluding steroid dienone is 1. The smallest absolute Gasteiger partial charge is 0.368 e. The van der Waals surface area contributed by atoms with E-state index in [-0.39, 0.29) is 28.9 Å². The molecular formula is C15H13F3N6. The van der Waals surface area contributed by atoms with Crippen LogP contribution in [0.15, 0.2) is 24.3 Å². The Bertz CT molecular complexity index is 821. The molecule has 1 aromatic heterocycles. The Morgan fingerprint density at radius 3 is 2.54 bits per heavy atom. The predicted molar refractivity (Wildman–Crippen MR) is 83.5 cm³/mol. The summed E-state index contributed by atoms with van der Waals surface area (Å²) in [4.78, 5) is 13.4. The van der Waals surface area contributed by atoms with E-state index in [0.717, 1.165) is 12.1 Å². The van der Waals surface area contributed by atoms with Gasteiger partial charge >= 0.3 is 6.18 Å². The first kappa shape index (κ1) is 17.2. The van der Waals surface area contributed by atoms with Crippen LogP contribution in [0.1, 0.15) is 17.0 Å². The Morgan fingerprint density at radius 2 is 1.96 bits per heavy atom. The third-order valence-electron chi connectivity index (χ3n) is 2.93. The molecule has 124 valence electrons. The van der Waals surface area contributed by atoms with E-state index in [1.807, 2.05) is 6.07 Å². The number of aromatic nitrogens is 3. The fraction of sp³-hybridized carbons (Fsp3) is 0.200. The third-order valence-corrected chi connectivity index (χ3v) is 2.93. The molecule has 0 atom stereocenters. The second-order valence-corrected chi connectivity index (χ2v) is 5.00. The normalized spacial score (nSPS) is 11.9. The van der Waals surface area contributed by atoms with Gasteiger partial charge < -0.3 is 10.6 Å². The Kier molecular flexibility index (Phi) is 4.69. The maximum atomic E-state index is 12.8. The summed E-state index contributed by atoms with van der Waals surface area (Å²) in [6.07, 6.45) is -3.20. The number of nitrogens with two attached hydrogens (primary N) is 1. The number of nitrogen functional groups attached to an aromatic ring is 1. The van der Waals surface area contributed by atoms with Crippen LogP contribution in [0.5, 0.6) is 0 Å². The van der Waals surface area contributed by atoms with Crippen LogP contribution in [0.3, 0.4) is 0 Å². The highest BCUT2D eigenvalue weighted by Gasteiger charge is 2.30. The van der Waals surface area contributed by atoms with Crippen molar-refractivity contribution in [3.05, 3.63) is 41.2 Å². The summed E-state index contributed by atoms with van der Waals surface area (Å²) in [5, 5.41) is 9.29. The minimum Gasteiger partial charge on any atom is -0.368 e. The highest BCUT2D eigenvalue weighted by molar-refractivity contribution is 5.87. The Morgan fingerprint density at radius 1 is 1.25 bits per heavy atom. The molecule has 0 amide bonds. The van der Waals surface area contributed by atoms with Crippen LogP contribution in [-0.2, 0) is 6.18 Å². The molecule has 0 unspecified atom stereocenters. The van der Waals surface area contributed by atoms with Gasteiger partial charge in [-0.2, -0.15) is 33.4 Å². The molecule has 9 heteroatoms. The minimum absolute atomic E-state index is 0.00823. The molecule has 0 saturated heterocycles. The zero-order valence-electron chi connectivity index (χ0n) is 12.8. The number of hydrogen-bond donors (Lipinski definition) is 1. The van der Waals surface area contributed by atoms with Crippen LogP contribution in [-0.4, -0.2) is 29.0 Å². The lowest BCUT2D eigenvalue weighted by molar-refractivity contribution is -0.137. The van der Waals surface area contributed by atoms with Crippen molar-refractivity contribution in [3.63, 3.8) is 0 Å². The van der Waals surface area contributed by atoms with E-state index in [4.69, 9.17) is 5.73 Å². The van der Waals surface area contributed by atoms with Crippen molar-refractivity contribution >= 4 is 23.5 Å². The molecule has 0 spiro atoms. The number of halogens is 3. The molecule has 0 bridgehead atoms. The van der Waals surface area contributed by atoms with Crippen molar-refractivity contribution in [2.24, 2.45) is 0 Å². The fourth-order valence-corrected chi connectivity index (χ4v) is 1.82. The molecule has 2 aromatic rings. The number of nitriles is 1. The first-order valence-corrected chi connectivity index (χ1v) is 6.69. The Labute approximate surface area is 136 Å². The standard InChI is InChI=1S/C15H13F3N6/c1-24(2)14-22-12(21-13(20)23-14)10(8-19)6-9-4-3-5-11(7-9)15(16,17)18/h3-7H,1-2H3,(H2,20,21,22,23). The summed E-state index contributed by atoms with van der Waals surface area (Å²) < 4.78 is 38.3. The lowest BCUT2D eigenvalue weighted by Crippen LogP contribution is -2.15. The van der Waals surface area contributed by atoms with E-state index in [1.54, 1.807) is 19.0 Å². The lowest BCUT2D eigenvalue weighted by Gasteiger charge is -2.11. The number of anilines is 2. The number of alkyl halides is 3. The summed E-state index contributed by atoms with van der Waals surface area (Å²) in [5.74, 6) is 0.141. The maximum absolute atomic E-state index is 12.8. The maximum Gasteiger partial charge on any atom is 0.416 e. The van der Waals surface area contributed by atoms with Crippen LogP contribution in [0, 0.1) is 11.3 Å². The van der Waals surface area contributed by atoms with E-state index < -0.39 is 11.7 Å². The molecule has 2 N–H and O–H groups in total. The molecule has 24 heavy (non-hydrogen) atoms. The van der Waals surface area contributed by atoms with E-state index in [2.05, 4.69) is 15.0 Å². The van der Waals surface area contributed by atoms with E-state index in [0.29, 0.717) is 0 Å². The van der Waals surface area contributed by atoms with Gasteiger partial charge in [0.1, 0.15) is 6.07 Å². The summed E-state index contributed by atoms with van der Waals surface area (Å²) in [5.41, 5.74) is 4.96. The van der Waals surface area contributed by atoms with Crippen LogP contribution in [0.25, 0.3) is 11.6 Å². The third kappa shape index (κ3) is 3.98. The molecule has 0 radical (unpaired) electrons. The van der Waals surface area contributed by atoms with Crippen LogP contribution in [0.2, 0.25) is 0 Å². The van der Waals surface area contributed by atoms with Gasteiger partial charge in [0, 0.05) is 14.1 Å². The number of rotatable bonds is 3. The first-order chi connectivity index (χ1) is 11.2. The van der Waals surface area contributed by atoms with Crippen molar-refractivity contribution in [3.8, 4) is 6.07 Å². The van der Waals surface area contributed by atoms with Crippen molar-refractivity contribution in [2.45, 2.75) is 6.18 Å². The van der Waals surface area contributed by atoms with Gasteiger partial charge in [-0.1, -0.05) is 12.1 Å². The quantitative estimate of drug-likeness (QED) is 0.868. The lowest BCUT2D eigenvalue weighted by atomic mass is 10.1. The Hall–Kier alpha value is -3.15. The van der Waals surface area contributed by atoms with Gasteiger partial charge in [0.15, 0.2) is 5.82 Å². The zero-order valence-corrected chi connectivity index (χ0v) is 12.8. The molecule has 0 saturated carbocycles.